The second-order valence-electron chi connectivity index (χ2n) is 7.74. The topological polar surface area (TPSA) is 139 Å². The van der Waals surface area contributed by atoms with Gasteiger partial charge in [-0.1, -0.05) is 37.3 Å². The molecule has 11 nitrogen and oxygen atoms in total. The highest BCUT2D eigenvalue weighted by Gasteiger charge is 2.32. The molecule has 2 aromatic rings. The first kappa shape index (κ1) is 27.6. The van der Waals surface area contributed by atoms with Gasteiger partial charge in [0.2, 0.25) is 21.8 Å². The number of ether oxygens (including phenoxy) is 1. The third kappa shape index (κ3) is 7.15. The van der Waals surface area contributed by atoms with Crippen LogP contribution in [0.4, 0.5) is 11.4 Å². The van der Waals surface area contributed by atoms with Gasteiger partial charge in [-0.25, -0.2) is 8.42 Å². The Morgan fingerprint density at radius 1 is 1.17 bits per heavy atom. The maximum atomic E-state index is 13.5. The zero-order valence-electron chi connectivity index (χ0n) is 20.1. The summed E-state index contributed by atoms with van der Waals surface area (Å²) in [6.07, 6.45) is 1.64. The lowest BCUT2D eigenvalue weighted by atomic mass is 10.1. The van der Waals surface area contributed by atoms with E-state index in [1.54, 1.807) is 6.92 Å². The Labute approximate surface area is 204 Å². The lowest BCUT2D eigenvalue weighted by Gasteiger charge is -2.32. The number of rotatable bonds is 12. The molecule has 0 aliphatic carbocycles. The molecule has 2 amide bonds. The number of amides is 2. The molecule has 0 aromatic heterocycles. The van der Waals surface area contributed by atoms with Crippen molar-refractivity contribution in [1.29, 1.82) is 0 Å². The summed E-state index contributed by atoms with van der Waals surface area (Å²) >= 11 is 0. The monoisotopic (exact) mass is 506 g/mol. The maximum absolute atomic E-state index is 13.5. The second-order valence-corrected chi connectivity index (χ2v) is 9.65. The van der Waals surface area contributed by atoms with Crippen molar-refractivity contribution in [3.63, 3.8) is 0 Å². The molecule has 1 N–H and O–H groups in total. The minimum absolute atomic E-state index is 0.0444. The summed E-state index contributed by atoms with van der Waals surface area (Å²) < 4.78 is 31.4. The van der Waals surface area contributed by atoms with Crippen molar-refractivity contribution in [2.24, 2.45) is 0 Å². The average Bonchev–Trinajstić information content (AvgIpc) is 2.83. The first-order valence-corrected chi connectivity index (χ1v) is 12.7. The Hall–Kier alpha value is -3.67. The number of hydrogen-bond donors (Lipinski definition) is 1. The van der Waals surface area contributed by atoms with Crippen molar-refractivity contribution in [1.82, 2.24) is 10.2 Å². The van der Waals surface area contributed by atoms with Gasteiger partial charge in [-0.2, -0.15) is 0 Å². The van der Waals surface area contributed by atoms with E-state index in [4.69, 9.17) is 4.74 Å². The Morgan fingerprint density at radius 2 is 1.83 bits per heavy atom. The first-order valence-electron chi connectivity index (χ1n) is 10.9. The number of nitrogens with one attached hydrogen (secondary N) is 1. The number of anilines is 1. The number of non-ortho nitro benzene ring substituents is 1. The van der Waals surface area contributed by atoms with Crippen LogP contribution in [-0.2, 0) is 26.0 Å². The first-order chi connectivity index (χ1) is 16.5. The van der Waals surface area contributed by atoms with Crippen LogP contribution in [0.1, 0.15) is 18.9 Å². The van der Waals surface area contributed by atoms with Crippen LogP contribution in [0, 0.1) is 10.1 Å². The number of hydrogen-bond acceptors (Lipinski definition) is 7. The van der Waals surface area contributed by atoms with Gasteiger partial charge < -0.3 is 15.0 Å². The summed E-state index contributed by atoms with van der Waals surface area (Å²) in [6, 6.07) is 12.0. The fraction of sp³-hybridized carbons (Fsp3) is 0.391. The largest absolute Gasteiger partial charge is 0.495 e. The van der Waals surface area contributed by atoms with Crippen LogP contribution >= 0.6 is 0 Å². The smallest absolute Gasteiger partial charge is 0.271 e. The summed E-state index contributed by atoms with van der Waals surface area (Å²) in [4.78, 5) is 38.0. The van der Waals surface area contributed by atoms with E-state index in [0.717, 1.165) is 22.2 Å². The Balaban J connectivity index is 2.47. The van der Waals surface area contributed by atoms with Crippen molar-refractivity contribution < 1.29 is 27.7 Å². The van der Waals surface area contributed by atoms with E-state index in [0.29, 0.717) is 12.8 Å². The molecule has 0 unspecified atom stereocenters. The normalized spacial score (nSPS) is 11.9. The van der Waals surface area contributed by atoms with E-state index >= 15 is 0 Å². The molecule has 12 heteroatoms. The third-order valence-electron chi connectivity index (χ3n) is 5.44. The van der Waals surface area contributed by atoms with Gasteiger partial charge in [0.1, 0.15) is 24.0 Å². The zero-order valence-corrected chi connectivity index (χ0v) is 20.9. The molecule has 0 radical (unpaired) electrons. The fourth-order valence-corrected chi connectivity index (χ4v) is 4.49. The number of likely N-dealkylation sites (N-methyl/N-ethyl adjacent to an activating group) is 1. The molecule has 0 saturated carbocycles. The number of nitro groups is 1. The molecular formula is C23H30N4O7S. The quantitative estimate of drug-likeness (QED) is 0.343. The Bertz CT molecular complexity index is 1160. The number of nitro benzene ring substituents is 1. The second kappa shape index (κ2) is 12.2. The van der Waals surface area contributed by atoms with Gasteiger partial charge in [-0.05, 0) is 24.5 Å². The molecule has 0 heterocycles. The summed E-state index contributed by atoms with van der Waals surface area (Å²) in [7, 11) is -1.31. The molecule has 0 fully saturated rings. The van der Waals surface area contributed by atoms with E-state index < -0.39 is 33.4 Å². The maximum Gasteiger partial charge on any atom is 0.271 e. The summed E-state index contributed by atoms with van der Waals surface area (Å²) in [5, 5.41) is 13.8. The summed E-state index contributed by atoms with van der Waals surface area (Å²) in [6.45, 7) is 1.25. The minimum atomic E-state index is -4.06. The van der Waals surface area contributed by atoms with Gasteiger partial charge in [0.05, 0.1) is 18.3 Å². The third-order valence-corrected chi connectivity index (χ3v) is 6.56. The molecule has 2 rings (SSSR count). The molecule has 0 aliphatic heterocycles. The van der Waals surface area contributed by atoms with E-state index in [1.807, 2.05) is 30.3 Å². The highest BCUT2D eigenvalue weighted by molar-refractivity contribution is 7.92. The van der Waals surface area contributed by atoms with Crippen molar-refractivity contribution >= 4 is 33.2 Å². The van der Waals surface area contributed by atoms with Crippen LogP contribution in [0.2, 0.25) is 0 Å². The van der Waals surface area contributed by atoms with Crippen LogP contribution in [0.25, 0.3) is 0 Å². The standard InChI is InChI=1S/C23H30N4O7S/c1-5-19(23(29)24-2)25(14-13-17-9-7-6-8-10-17)22(28)16-26(35(4,32)33)20-15-18(27(30)31)11-12-21(20)34-3/h6-12,15,19H,5,13-14,16H2,1-4H3,(H,24,29)/t19-/m1/s1. The van der Waals surface area contributed by atoms with Crippen LogP contribution in [0.15, 0.2) is 48.5 Å². The van der Waals surface area contributed by atoms with Crippen molar-refractivity contribution in [3.05, 3.63) is 64.2 Å². The number of carbonyl (C=O) groups excluding carboxylic acids is 2. The highest BCUT2D eigenvalue weighted by Crippen LogP contribution is 2.33. The van der Waals surface area contributed by atoms with E-state index in [1.165, 1.54) is 31.2 Å². The van der Waals surface area contributed by atoms with E-state index in [2.05, 4.69) is 5.32 Å². The van der Waals surface area contributed by atoms with Crippen LogP contribution in [0.3, 0.4) is 0 Å². The highest BCUT2D eigenvalue weighted by atomic mass is 32.2. The van der Waals surface area contributed by atoms with Gasteiger partial charge in [-0.15, -0.1) is 0 Å². The van der Waals surface area contributed by atoms with E-state index in [9.17, 15) is 28.1 Å². The van der Waals surface area contributed by atoms with E-state index in [-0.39, 0.29) is 29.6 Å². The Morgan fingerprint density at radius 3 is 2.34 bits per heavy atom. The Kier molecular flexibility index (Phi) is 9.58. The zero-order chi connectivity index (χ0) is 26.2. The van der Waals surface area contributed by atoms with Crippen LogP contribution in [-0.4, -0.2) is 69.6 Å². The number of sulfonamides is 1. The molecule has 0 spiro atoms. The van der Waals surface area contributed by atoms with Crippen molar-refractivity contribution in [2.45, 2.75) is 25.8 Å². The van der Waals surface area contributed by atoms with Crippen molar-refractivity contribution in [3.8, 4) is 5.75 Å². The molecule has 0 aliphatic rings. The molecule has 2 aromatic carbocycles. The minimum Gasteiger partial charge on any atom is -0.495 e. The number of carbonyl (C=O) groups is 2. The van der Waals surface area contributed by atoms with Crippen molar-refractivity contribution in [2.75, 3.05) is 37.8 Å². The number of benzene rings is 2. The molecule has 1 atom stereocenters. The summed E-state index contributed by atoms with van der Waals surface area (Å²) in [5.41, 5.74) is 0.436. The van der Waals surface area contributed by atoms with Gasteiger partial charge >= 0.3 is 0 Å². The fourth-order valence-electron chi connectivity index (χ4n) is 3.64. The van der Waals surface area contributed by atoms with Gasteiger partial charge in [0.25, 0.3) is 5.69 Å². The molecule has 0 saturated heterocycles. The molecule has 35 heavy (non-hydrogen) atoms. The molecular weight excluding hydrogens is 476 g/mol. The molecule has 190 valence electrons. The van der Waals surface area contributed by atoms with Gasteiger partial charge in [0, 0.05) is 25.7 Å². The number of methoxy groups -OCH3 is 1. The van der Waals surface area contributed by atoms with Crippen LogP contribution in [0.5, 0.6) is 5.75 Å². The van der Waals surface area contributed by atoms with Gasteiger partial charge in [-0.3, -0.25) is 24.0 Å². The SMILES string of the molecule is CC[C@H](C(=O)NC)N(CCc1ccccc1)C(=O)CN(c1cc([N+](=O)[O-])ccc1OC)S(C)(=O)=O. The van der Waals surface area contributed by atoms with Crippen LogP contribution < -0.4 is 14.4 Å². The predicted molar refractivity (Wildman–Crippen MR) is 132 cm³/mol. The molecule has 0 bridgehead atoms. The van der Waals surface area contributed by atoms with Gasteiger partial charge in [0.15, 0.2) is 0 Å². The predicted octanol–water partition coefficient (Wildman–Crippen LogP) is 1.97. The summed E-state index contributed by atoms with van der Waals surface area (Å²) in [5.74, 6) is -0.967. The number of nitrogens with zero attached hydrogens (tertiary/aromatic N) is 3. The average molecular weight is 507 g/mol. The lowest BCUT2D eigenvalue weighted by Crippen LogP contribution is -2.52. The lowest BCUT2D eigenvalue weighted by molar-refractivity contribution is -0.384.